The smallest absolute Gasteiger partial charge is 0.144 e. The lowest BCUT2D eigenvalue weighted by Gasteiger charge is -2.09. The van der Waals surface area contributed by atoms with Gasteiger partial charge in [-0.1, -0.05) is 35.9 Å². The van der Waals surface area contributed by atoms with E-state index in [4.69, 9.17) is 11.6 Å². The molecule has 0 amide bonds. The van der Waals surface area contributed by atoms with E-state index in [1.807, 2.05) is 44.2 Å². The molecule has 106 valence electrons. The highest BCUT2D eigenvalue weighted by atomic mass is 35.5. The Balaban J connectivity index is 2.03. The highest BCUT2D eigenvalue weighted by Crippen LogP contribution is 2.30. The second-order valence-electron chi connectivity index (χ2n) is 5.31. The first kappa shape index (κ1) is 13.9. The van der Waals surface area contributed by atoms with Crippen molar-refractivity contribution >= 4 is 22.4 Å². The second kappa shape index (κ2) is 5.38. The Morgan fingerprint density at radius 3 is 2.29 bits per heavy atom. The maximum Gasteiger partial charge on any atom is 0.144 e. The van der Waals surface area contributed by atoms with E-state index in [1.165, 1.54) is 11.1 Å². The van der Waals surface area contributed by atoms with E-state index in [-0.39, 0.29) is 5.75 Å². The minimum Gasteiger partial charge on any atom is -0.505 e. The molecule has 0 aliphatic heterocycles. The molecule has 2 nitrogen and oxygen atoms in total. The third-order valence-corrected chi connectivity index (χ3v) is 3.98. The average molecular weight is 298 g/mol. The molecule has 1 aromatic heterocycles. The van der Waals surface area contributed by atoms with E-state index in [9.17, 15) is 5.11 Å². The summed E-state index contributed by atoms with van der Waals surface area (Å²) in [6.45, 7) is 3.80. The highest BCUT2D eigenvalue weighted by Gasteiger charge is 2.09. The molecule has 3 rings (SSSR count). The van der Waals surface area contributed by atoms with Crippen LogP contribution in [0.5, 0.6) is 5.75 Å². The molecule has 3 aromatic rings. The first-order chi connectivity index (χ1) is 10.0. The lowest BCUT2D eigenvalue weighted by Crippen LogP contribution is -1.93. The predicted molar refractivity (Wildman–Crippen MR) is 87.1 cm³/mol. The summed E-state index contributed by atoms with van der Waals surface area (Å²) in [6, 6.07) is 14.0. The van der Waals surface area contributed by atoms with Gasteiger partial charge in [-0.2, -0.15) is 0 Å². The number of fused-ring (bicyclic) bond motifs is 1. The standard InChI is InChI=1S/C18H16ClNO/c1-11-17-10-14(9-13-3-6-15(19)7-4-13)5-8-16(17)18(21)12(2)20-11/h3-8,10,21H,9H2,1-2H3. The van der Waals surface area contributed by atoms with Gasteiger partial charge in [0, 0.05) is 21.5 Å². The lowest BCUT2D eigenvalue weighted by molar-refractivity contribution is 0.474. The summed E-state index contributed by atoms with van der Waals surface area (Å²) in [6.07, 6.45) is 0.835. The Morgan fingerprint density at radius 2 is 1.57 bits per heavy atom. The number of nitrogens with zero attached hydrogens (tertiary/aromatic N) is 1. The lowest BCUT2D eigenvalue weighted by atomic mass is 10.00. The summed E-state index contributed by atoms with van der Waals surface area (Å²) in [5.41, 5.74) is 4.02. The van der Waals surface area contributed by atoms with Crippen LogP contribution in [0.3, 0.4) is 0 Å². The van der Waals surface area contributed by atoms with Crippen molar-refractivity contribution in [1.29, 1.82) is 0 Å². The number of pyridine rings is 1. The molecular weight excluding hydrogens is 282 g/mol. The fourth-order valence-electron chi connectivity index (χ4n) is 2.60. The summed E-state index contributed by atoms with van der Waals surface area (Å²) >= 11 is 5.91. The van der Waals surface area contributed by atoms with Crippen LogP contribution in [0.4, 0.5) is 0 Å². The van der Waals surface area contributed by atoms with Gasteiger partial charge in [-0.25, -0.2) is 0 Å². The van der Waals surface area contributed by atoms with E-state index < -0.39 is 0 Å². The van der Waals surface area contributed by atoms with Crippen molar-refractivity contribution in [3.05, 3.63) is 70.0 Å². The topological polar surface area (TPSA) is 33.1 Å². The molecular formula is C18H16ClNO. The number of benzene rings is 2. The summed E-state index contributed by atoms with van der Waals surface area (Å²) in [5.74, 6) is 0.272. The van der Waals surface area contributed by atoms with Crippen LogP contribution in [0.2, 0.25) is 5.02 Å². The van der Waals surface area contributed by atoms with Gasteiger partial charge in [0.05, 0.1) is 5.69 Å². The van der Waals surface area contributed by atoms with Gasteiger partial charge >= 0.3 is 0 Å². The zero-order valence-electron chi connectivity index (χ0n) is 12.0. The SMILES string of the molecule is Cc1nc(C)c2cc(Cc3ccc(Cl)cc3)ccc2c1O. The first-order valence-corrected chi connectivity index (χ1v) is 7.25. The maximum atomic E-state index is 10.1. The van der Waals surface area contributed by atoms with Crippen LogP contribution in [0.15, 0.2) is 42.5 Å². The van der Waals surface area contributed by atoms with Gasteiger partial charge in [-0.3, -0.25) is 4.98 Å². The fourth-order valence-corrected chi connectivity index (χ4v) is 2.73. The van der Waals surface area contributed by atoms with Crippen molar-refractivity contribution in [3.8, 4) is 5.75 Å². The Hall–Kier alpha value is -2.06. The number of aromatic hydroxyl groups is 1. The quantitative estimate of drug-likeness (QED) is 0.737. The first-order valence-electron chi connectivity index (χ1n) is 6.88. The summed E-state index contributed by atoms with van der Waals surface area (Å²) in [4.78, 5) is 4.39. The normalized spacial score (nSPS) is 11.0. The van der Waals surface area contributed by atoms with Crippen LogP contribution < -0.4 is 0 Å². The van der Waals surface area contributed by atoms with Gasteiger partial charge < -0.3 is 5.11 Å². The molecule has 0 fully saturated rings. The van der Waals surface area contributed by atoms with Gasteiger partial charge in [0.1, 0.15) is 5.75 Å². The van der Waals surface area contributed by atoms with Crippen molar-refractivity contribution in [2.24, 2.45) is 0 Å². The molecule has 0 atom stereocenters. The Bertz CT molecular complexity index is 810. The highest BCUT2D eigenvalue weighted by molar-refractivity contribution is 6.30. The van der Waals surface area contributed by atoms with Gasteiger partial charge in [0.2, 0.25) is 0 Å². The molecule has 0 aliphatic carbocycles. The zero-order chi connectivity index (χ0) is 15.0. The van der Waals surface area contributed by atoms with Crippen molar-refractivity contribution < 1.29 is 5.11 Å². The van der Waals surface area contributed by atoms with Crippen LogP contribution in [-0.4, -0.2) is 10.1 Å². The van der Waals surface area contributed by atoms with Crippen molar-refractivity contribution in [2.45, 2.75) is 20.3 Å². The average Bonchev–Trinajstić information content (AvgIpc) is 2.47. The number of halogens is 1. The van der Waals surface area contributed by atoms with Crippen LogP contribution >= 0.6 is 11.6 Å². The van der Waals surface area contributed by atoms with Crippen LogP contribution in [-0.2, 0) is 6.42 Å². The van der Waals surface area contributed by atoms with E-state index in [2.05, 4.69) is 17.1 Å². The van der Waals surface area contributed by atoms with E-state index in [1.54, 1.807) is 0 Å². The number of aryl methyl sites for hydroxylation is 2. The largest absolute Gasteiger partial charge is 0.505 e. The van der Waals surface area contributed by atoms with Crippen molar-refractivity contribution in [2.75, 3.05) is 0 Å². The second-order valence-corrected chi connectivity index (χ2v) is 5.75. The molecule has 21 heavy (non-hydrogen) atoms. The van der Waals surface area contributed by atoms with Crippen LogP contribution in [0, 0.1) is 13.8 Å². The number of hydrogen-bond donors (Lipinski definition) is 1. The molecule has 0 aliphatic rings. The van der Waals surface area contributed by atoms with E-state index >= 15 is 0 Å². The van der Waals surface area contributed by atoms with Crippen LogP contribution in [0.25, 0.3) is 10.8 Å². The number of hydrogen-bond acceptors (Lipinski definition) is 2. The van der Waals surface area contributed by atoms with Crippen molar-refractivity contribution in [3.63, 3.8) is 0 Å². The van der Waals surface area contributed by atoms with Gasteiger partial charge in [-0.05, 0) is 49.6 Å². The molecule has 1 N–H and O–H groups in total. The summed E-state index contributed by atoms with van der Waals surface area (Å²) in [7, 11) is 0. The number of aromatic nitrogens is 1. The molecule has 0 bridgehead atoms. The summed E-state index contributed by atoms with van der Waals surface area (Å²) in [5, 5.41) is 12.7. The third kappa shape index (κ3) is 2.72. The van der Waals surface area contributed by atoms with Crippen molar-refractivity contribution in [1.82, 2.24) is 4.98 Å². The molecule has 2 aromatic carbocycles. The summed E-state index contributed by atoms with van der Waals surface area (Å²) < 4.78 is 0. The molecule has 1 heterocycles. The Labute approximate surface area is 129 Å². The molecule has 0 unspecified atom stereocenters. The van der Waals surface area contributed by atoms with E-state index in [0.717, 1.165) is 27.9 Å². The Kier molecular flexibility index (Phi) is 3.56. The Morgan fingerprint density at radius 1 is 0.905 bits per heavy atom. The maximum absolute atomic E-state index is 10.1. The number of rotatable bonds is 2. The molecule has 0 saturated heterocycles. The third-order valence-electron chi connectivity index (χ3n) is 3.73. The van der Waals surface area contributed by atoms with Gasteiger partial charge in [-0.15, -0.1) is 0 Å². The monoisotopic (exact) mass is 297 g/mol. The van der Waals surface area contributed by atoms with Gasteiger partial charge in [0.25, 0.3) is 0 Å². The molecule has 3 heteroatoms. The molecule has 0 spiro atoms. The fraction of sp³-hybridized carbons (Fsp3) is 0.167. The minimum atomic E-state index is 0.272. The van der Waals surface area contributed by atoms with Gasteiger partial charge in [0.15, 0.2) is 0 Å². The van der Waals surface area contributed by atoms with E-state index in [0.29, 0.717) is 5.69 Å². The predicted octanol–water partition coefficient (Wildman–Crippen LogP) is 4.80. The molecule has 0 radical (unpaired) electrons. The zero-order valence-corrected chi connectivity index (χ0v) is 12.8. The molecule has 0 saturated carbocycles. The minimum absolute atomic E-state index is 0.272. The van der Waals surface area contributed by atoms with Crippen LogP contribution in [0.1, 0.15) is 22.5 Å².